The number of hydrogen-bond acceptors (Lipinski definition) is 3. The lowest BCUT2D eigenvalue weighted by Gasteiger charge is -2.26. The summed E-state index contributed by atoms with van der Waals surface area (Å²) in [6, 6.07) is 47.6. The minimum atomic E-state index is -0.258. The van der Waals surface area contributed by atoms with Crippen molar-refractivity contribution in [1.82, 2.24) is 19.1 Å². The molecule has 0 N–H and O–H groups in total. The van der Waals surface area contributed by atoms with Gasteiger partial charge in [0.2, 0.25) is 0 Å². The molecule has 0 atom stereocenters. The number of nitrogens with zero attached hydrogens (tertiary/aromatic N) is 5. The summed E-state index contributed by atoms with van der Waals surface area (Å²) in [7, 11) is 0. The molecule has 0 amide bonds. The number of aromatic nitrogens is 5. The largest absolute Gasteiger partial charge is 0.458 e. The number of rotatable bonds is 6. The summed E-state index contributed by atoms with van der Waals surface area (Å²) in [6.07, 6.45) is 5.68. The summed E-state index contributed by atoms with van der Waals surface area (Å²) in [5.74, 6) is 3.04. The highest BCUT2D eigenvalue weighted by atomic mass is 16.5. The SMILES string of the molecule is CC(C)(C)c1cc(-[n+]2[c-]n(-c3cc(Oc4ccc5c6cc(-c7ccccc7)ccc6n(-c6cc(C(C)(C)C)ccn6)c5c4)cc(C(C)(C)C)n3)c3ccccc32)cc(C(C)(C)C)c1. The number of ether oxygens (including phenoxy) is 1. The van der Waals surface area contributed by atoms with Crippen molar-refractivity contribution in [3.05, 3.63) is 168 Å². The van der Waals surface area contributed by atoms with Gasteiger partial charge in [-0.3, -0.25) is 18.7 Å². The molecule has 0 radical (unpaired) electrons. The zero-order valence-electron chi connectivity index (χ0n) is 38.9. The van der Waals surface area contributed by atoms with Crippen LogP contribution in [0.15, 0.2) is 140 Å². The molecule has 9 aromatic rings. The third-order valence-electron chi connectivity index (χ3n) is 12.2. The molecule has 63 heavy (non-hydrogen) atoms. The Kier molecular flexibility index (Phi) is 10.0. The fourth-order valence-electron chi connectivity index (χ4n) is 8.34. The average Bonchev–Trinajstić information content (AvgIpc) is 3.78. The number of pyridine rings is 2. The molecule has 0 saturated carbocycles. The third kappa shape index (κ3) is 8.04. The number of imidazole rings is 1. The molecule has 0 aliphatic rings. The van der Waals surface area contributed by atoms with Gasteiger partial charge >= 0.3 is 0 Å². The van der Waals surface area contributed by atoms with Crippen molar-refractivity contribution in [1.29, 1.82) is 0 Å². The van der Waals surface area contributed by atoms with Gasteiger partial charge in [-0.2, -0.15) is 0 Å². The second-order valence-electron chi connectivity index (χ2n) is 21.2. The minimum absolute atomic E-state index is 0.0285. The first-order valence-corrected chi connectivity index (χ1v) is 22.1. The van der Waals surface area contributed by atoms with E-state index in [4.69, 9.17) is 14.7 Å². The maximum Gasteiger partial charge on any atom is 0.271 e. The Morgan fingerprint density at radius 1 is 0.492 bits per heavy atom. The molecule has 0 fully saturated rings. The molecule has 4 heterocycles. The summed E-state index contributed by atoms with van der Waals surface area (Å²) >= 11 is 0. The van der Waals surface area contributed by atoms with Crippen molar-refractivity contribution in [2.24, 2.45) is 0 Å². The summed E-state index contributed by atoms with van der Waals surface area (Å²) in [5, 5.41) is 2.29. The van der Waals surface area contributed by atoms with Crippen LogP contribution < -0.4 is 9.30 Å². The fraction of sp³-hybridized carbons (Fsp3) is 0.281. The van der Waals surface area contributed by atoms with Crippen molar-refractivity contribution in [2.75, 3.05) is 0 Å². The summed E-state index contributed by atoms with van der Waals surface area (Å²) < 4.78 is 13.5. The molecule has 0 bridgehead atoms. The maximum absolute atomic E-state index is 6.94. The van der Waals surface area contributed by atoms with Gasteiger partial charge in [-0.1, -0.05) is 150 Å². The average molecular weight is 830 g/mol. The van der Waals surface area contributed by atoms with Gasteiger partial charge in [-0.15, -0.1) is 0 Å². The van der Waals surface area contributed by atoms with Crippen molar-refractivity contribution in [3.63, 3.8) is 0 Å². The molecule has 4 aromatic heterocycles. The Labute approximate surface area is 372 Å². The van der Waals surface area contributed by atoms with Gasteiger partial charge in [-0.25, -0.2) is 4.98 Å². The van der Waals surface area contributed by atoms with Crippen LogP contribution in [0.1, 0.15) is 105 Å². The van der Waals surface area contributed by atoms with Gasteiger partial charge in [0.05, 0.1) is 27.8 Å². The van der Waals surface area contributed by atoms with E-state index in [1.54, 1.807) is 0 Å². The van der Waals surface area contributed by atoms with Gasteiger partial charge in [0.15, 0.2) is 5.82 Å². The fourth-order valence-corrected chi connectivity index (χ4v) is 8.34. The number of hydrogen-bond donors (Lipinski definition) is 0. The zero-order valence-corrected chi connectivity index (χ0v) is 38.9. The molecule has 0 spiro atoms. The normalized spacial score (nSPS) is 12.8. The van der Waals surface area contributed by atoms with Crippen molar-refractivity contribution < 1.29 is 9.30 Å². The minimum Gasteiger partial charge on any atom is -0.458 e. The molecule has 5 aromatic carbocycles. The molecule has 0 aliphatic carbocycles. The molecular formula is C57H59N5O. The zero-order chi connectivity index (χ0) is 44.6. The lowest BCUT2D eigenvalue weighted by Crippen LogP contribution is -2.31. The van der Waals surface area contributed by atoms with Crippen LogP contribution in [0.2, 0.25) is 0 Å². The molecule has 0 aliphatic heterocycles. The van der Waals surface area contributed by atoms with Gasteiger partial charge in [-0.05, 0) is 92.6 Å². The van der Waals surface area contributed by atoms with Crippen LogP contribution in [0.5, 0.6) is 11.5 Å². The summed E-state index contributed by atoms with van der Waals surface area (Å²) in [6.45, 7) is 27.0. The first kappa shape index (κ1) is 41.8. The van der Waals surface area contributed by atoms with Gasteiger partial charge < -0.3 is 4.74 Å². The van der Waals surface area contributed by atoms with Crippen LogP contribution >= 0.6 is 0 Å². The Bertz CT molecular complexity index is 3140. The van der Waals surface area contributed by atoms with Crippen molar-refractivity contribution in [2.45, 2.75) is 105 Å². The monoisotopic (exact) mass is 829 g/mol. The van der Waals surface area contributed by atoms with E-state index in [-0.39, 0.29) is 21.7 Å². The Balaban J connectivity index is 1.20. The molecule has 6 heteroatoms. The highest BCUT2D eigenvalue weighted by molar-refractivity contribution is 6.10. The first-order chi connectivity index (χ1) is 29.7. The predicted molar refractivity (Wildman–Crippen MR) is 260 cm³/mol. The molecule has 0 unspecified atom stereocenters. The summed E-state index contributed by atoms with van der Waals surface area (Å²) in [4.78, 5) is 10.3. The lowest BCUT2D eigenvalue weighted by molar-refractivity contribution is -0.572. The maximum atomic E-state index is 6.94. The highest BCUT2D eigenvalue weighted by Crippen LogP contribution is 2.39. The summed E-state index contributed by atoms with van der Waals surface area (Å²) in [5.41, 5.74) is 12.0. The Morgan fingerprint density at radius 2 is 1.17 bits per heavy atom. The second kappa shape index (κ2) is 15.1. The Morgan fingerprint density at radius 3 is 1.86 bits per heavy atom. The van der Waals surface area contributed by atoms with Crippen LogP contribution in [-0.4, -0.2) is 19.1 Å². The molecule has 0 saturated heterocycles. The number of fused-ring (bicyclic) bond motifs is 4. The van der Waals surface area contributed by atoms with Crippen LogP contribution in [0.25, 0.3) is 61.3 Å². The van der Waals surface area contributed by atoms with Crippen LogP contribution in [0, 0.1) is 6.33 Å². The topological polar surface area (TPSA) is 48.8 Å². The Hall–Kier alpha value is -6.53. The van der Waals surface area contributed by atoms with Crippen LogP contribution in [-0.2, 0) is 21.7 Å². The van der Waals surface area contributed by atoms with Gasteiger partial charge in [0, 0.05) is 46.3 Å². The quantitative estimate of drug-likeness (QED) is 0.124. The van der Waals surface area contributed by atoms with Crippen LogP contribution in [0.4, 0.5) is 0 Å². The smallest absolute Gasteiger partial charge is 0.271 e. The van der Waals surface area contributed by atoms with E-state index in [0.29, 0.717) is 5.75 Å². The van der Waals surface area contributed by atoms with E-state index in [2.05, 4.69) is 231 Å². The van der Waals surface area contributed by atoms with E-state index in [9.17, 15) is 0 Å². The lowest BCUT2D eigenvalue weighted by atomic mass is 9.80. The molecule has 9 rings (SSSR count). The molecule has 6 nitrogen and oxygen atoms in total. The van der Waals surface area contributed by atoms with Crippen LogP contribution in [0.3, 0.4) is 0 Å². The van der Waals surface area contributed by atoms with E-state index in [0.717, 1.165) is 61.6 Å². The number of benzene rings is 5. The standard InChI is InChI=1S/C57H59N5O/c1-54(2,3)39-26-27-58-52(32-39)62-47-25-22-38(37-18-14-13-15-19-37)28-46(47)45-24-23-43(33-50(45)62)63-44-34-51(57(10,11)12)59-53(35-44)61-36-60(48-20-16-17-21-49(48)61)42-30-40(55(4,5)6)29-41(31-42)56(7,8)9/h13-35H,1-12H3. The second-order valence-corrected chi connectivity index (χ2v) is 21.2. The van der Waals surface area contributed by atoms with Crippen molar-refractivity contribution >= 4 is 32.8 Å². The first-order valence-electron chi connectivity index (χ1n) is 22.1. The van der Waals surface area contributed by atoms with E-state index >= 15 is 0 Å². The third-order valence-corrected chi connectivity index (χ3v) is 12.2. The van der Waals surface area contributed by atoms with Gasteiger partial charge in [0.1, 0.15) is 17.3 Å². The van der Waals surface area contributed by atoms with E-state index in [1.165, 1.54) is 27.8 Å². The van der Waals surface area contributed by atoms with Crippen molar-refractivity contribution in [3.8, 4) is 39.9 Å². The molecule has 318 valence electrons. The van der Waals surface area contributed by atoms with E-state index < -0.39 is 0 Å². The predicted octanol–water partition coefficient (Wildman–Crippen LogP) is 14.2. The van der Waals surface area contributed by atoms with Gasteiger partial charge in [0.25, 0.3) is 6.33 Å². The number of para-hydroxylation sites is 2. The van der Waals surface area contributed by atoms with E-state index in [1.807, 2.05) is 12.3 Å². The highest BCUT2D eigenvalue weighted by Gasteiger charge is 2.25. The molecular weight excluding hydrogens is 771 g/mol.